The van der Waals surface area contributed by atoms with Crippen molar-refractivity contribution in [2.45, 2.75) is 6.10 Å². The number of methoxy groups -OCH3 is 1. The molecule has 0 radical (unpaired) electrons. The smallest absolute Gasteiger partial charge is 0.133 e. The van der Waals surface area contributed by atoms with Crippen molar-refractivity contribution in [2.24, 2.45) is 0 Å². The van der Waals surface area contributed by atoms with Gasteiger partial charge in [0.25, 0.3) is 0 Å². The van der Waals surface area contributed by atoms with E-state index in [0.29, 0.717) is 11.3 Å². The molecule has 2 aromatic rings. The number of aliphatic hydroxyl groups excluding tert-OH is 1. The molecule has 1 atom stereocenters. The third-order valence-electron chi connectivity index (χ3n) is 2.41. The van der Waals surface area contributed by atoms with Crippen LogP contribution in [0.3, 0.4) is 0 Å². The Morgan fingerprint density at radius 1 is 1.41 bits per heavy atom. The van der Waals surface area contributed by atoms with Crippen LogP contribution in [0, 0.1) is 8.70 Å². The van der Waals surface area contributed by atoms with E-state index in [0.717, 1.165) is 2.88 Å². The fraction of sp³-hybridized carbons (Fsp3) is 0.167. The van der Waals surface area contributed by atoms with Gasteiger partial charge in [0.05, 0.1) is 9.99 Å². The molecule has 1 aromatic heterocycles. The Morgan fingerprint density at radius 2 is 2.18 bits per heavy atom. The minimum absolute atomic E-state index is 0.264. The summed E-state index contributed by atoms with van der Waals surface area (Å²) in [7, 11) is 1.48. The number of hydrogen-bond donors (Lipinski definition) is 1. The third-order valence-corrected chi connectivity index (χ3v) is 4.21. The van der Waals surface area contributed by atoms with E-state index in [-0.39, 0.29) is 5.56 Å². The van der Waals surface area contributed by atoms with Crippen LogP contribution in [-0.4, -0.2) is 12.2 Å². The maximum Gasteiger partial charge on any atom is 0.133 e. The second kappa shape index (κ2) is 5.32. The molecule has 90 valence electrons. The lowest BCUT2D eigenvalue weighted by Gasteiger charge is -2.11. The second-order valence-electron chi connectivity index (χ2n) is 3.47. The van der Waals surface area contributed by atoms with Crippen LogP contribution >= 0.6 is 33.9 Å². The molecular formula is C12H10FIO2S. The van der Waals surface area contributed by atoms with E-state index >= 15 is 0 Å². The van der Waals surface area contributed by atoms with Crippen LogP contribution in [0.4, 0.5) is 4.39 Å². The minimum Gasteiger partial charge on any atom is -0.497 e. The highest BCUT2D eigenvalue weighted by molar-refractivity contribution is 14.1. The fourth-order valence-electron chi connectivity index (χ4n) is 1.50. The van der Waals surface area contributed by atoms with Crippen molar-refractivity contribution in [3.8, 4) is 5.75 Å². The van der Waals surface area contributed by atoms with Crippen LogP contribution in [0.2, 0.25) is 0 Å². The van der Waals surface area contributed by atoms with Crippen LogP contribution in [0.5, 0.6) is 5.75 Å². The molecule has 0 amide bonds. The molecule has 17 heavy (non-hydrogen) atoms. The van der Waals surface area contributed by atoms with Crippen molar-refractivity contribution >= 4 is 33.9 Å². The Morgan fingerprint density at radius 3 is 2.71 bits per heavy atom. The van der Waals surface area contributed by atoms with Gasteiger partial charge in [0.1, 0.15) is 17.7 Å². The van der Waals surface area contributed by atoms with Gasteiger partial charge in [-0.1, -0.05) is 0 Å². The van der Waals surface area contributed by atoms with Crippen molar-refractivity contribution in [1.82, 2.24) is 0 Å². The Bertz CT molecular complexity index is 527. The first kappa shape index (κ1) is 12.8. The normalized spacial score (nSPS) is 12.5. The molecule has 0 spiro atoms. The van der Waals surface area contributed by atoms with Gasteiger partial charge in [-0.15, -0.1) is 11.3 Å². The summed E-state index contributed by atoms with van der Waals surface area (Å²) in [5.74, 6) is -0.0172. The highest BCUT2D eigenvalue weighted by Gasteiger charge is 2.16. The lowest BCUT2D eigenvalue weighted by molar-refractivity contribution is 0.215. The highest BCUT2D eigenvalue weighted by Crippen LogP contribution is 2.30. The standard InChI is InChI=1S/C12H10FIO2S/c1-16-8-2-3-9(10(13)5-8)12(15)7-4-11(14)17-6-7/h2-6,12,15H,1H3. The molecule has 0 aliphatic rings. The Kier molecular flexibility index (Phi) is 4.01. The molecule has 1 N–H and O–H groups in total. The van der Waals surface area contributed by atoms with Crippen LogP contribution in [0.15, 0.2) is 29.6 Å². The zero-order chi connectivity index (χ0) is 12.4. The van der Waals surface area contributed by atoms with Crippen molar-refractivity contribution in [3.63, 3.8) is 0 Å². The highest BCUT2D eigenvalue weighted by atomic mass is 127. The summed E-state index contributed by atoms with van der Waals surface area (Å²) in [5, 5.41) is 11.9. The summed E-state index contributed by atoms with van der Waals surface area (Å²) in [4.78, 5) is 0. The zero-order valence-corrected chi connectivity index (χ0v) is 12.0. The molecule has 0 bridgehead atoms. The Balaban J connectivity index is 2.34. The topological polar surface area (TPSA) is 29.5 Å². The van der Waals surface area contributed by atoms with Crippen molar-refractivity contribution in [1.29, 1.82) is 0 Å². The van der Waals surface area contributed by atoms with Gasteiger partial charge in [-0.05, 0) is 51.7 Å². The minimum atomic E-state index is -0.930. The number of aliphatic hydroxyl groups is 1. The van der Waals surface area contributed by atoms with Crippen LogP contribution in [0.1, 0.15) is 17.2 Å². The molecule has 5 heteroatoms. The SMILES string of the molecule is COc1ccc(C(O)c2csc(I)c2)c(F)c1. The number of rotatable bonds is 3. The molecule has 0 fully saturated rings. The lowest BCUT2D eigenvalue weighted by atomic mass is 10.0. The Labute approximate surface area is 116 Å². The van der Waals surface area contributed by atoms with Crippen molar-refractivity contribution in [3.05, 3.63) is 49.5 Å². The van der Waals surface area contributed by atoms with Gasteiger partial charge < -0.3 is 9.84 Å². The number of ether oxygens (including phenoxy) is 1. The van der Waals surface area contributed by atoms with Gasteiger partial charge >= 0.3 is 0 Å². The first-order chi connectivity index (χ1) is 8.11. The molecule has 0 aliphatic carbocycles. The molecule has 1 aromatic carbocycles. The zero-order valence-electron chi connectivity index (χ0n) is 8.98. The van der Waals surface area contributed by atoms with Gasteiger partial charge in [-0.25, -0.2) is 4.39 Å². The van der Waals surface area contributed by atoms with E-state index in [4.69, 9.17) is 4.74 Å². The number of halogens is 2. The predicted molar refractivity (Wildman–Crippen MR) is 74.0 cm³/mol. The Hall–Kier alpha value is -0.660. The largest absolute Gasteiger partial charge is 0.497 e. The molecule has 0 aliphatic heterocycles. The van der Waals surface area contributed by atoms with Crippen LogP contribution in [0.25, 0.3) is 0 Å². The van der Waals surface area contributed by atoms with Gasteiger partial charge in [-0.3, -0.25) is 0 Å². The second-order valence-corrected chi connectivity index (χ2v) is 6.28. The van der Waals surface area contributed by atoms with E-state index in [1.807, 2.05) is 11.4 Å². The number of benzene rings is 1. The van der Waals surface area contributed by atoms with Gasteiger partial charge in [0.15, 0.2) is 0 Å². The maximum atomic E-state index is 13.7. The molecule has 1 heterocycles. The average Bonchev–Trinajstić information content (AvgIpc) is 2.75. The van der Waals surface area contributed by atoms with E-state index < -0.39 is 11.9 Å². The summed E-state index contributed by atoms with van der Waals surface area (Å²) in [6.07, 6.45) is -0.930. The van der Waals surface area contributed by atoms with E-state index in [1.165, 1.54) is 24.5 Å². The number of hydrogen-bond acceptors (Lipinski definition) is 3. The molecule has 2 nitrogen and oxygen atoms in total. The van der Waals surface area contributed by atoms with Crippen LogP contribution in [-0.2, 0) is 0 Å². The average molecular weight is 364 g/mol. The first-order valence-electron chi connectivity index (χ1n) is 4.87. The molecule has 2 rings (SSSR count). The summed E-state index contributed by atoms with van der Waals surface area (Å²) in [6.45, 7) is 0. The quantitative estimate of drug-likeness (QED) is 0.844. The van der Waals surface area contributed by atoms with Gasteiger partial charge in [0.2, 0.25) is 0 Å². The number of thiophene rings is 1. The monoisotopic (exact) mass is 364 g/mol. The molecule has 0 saturated heterocycles. The molecular weight excluding hydrogens is 354 g/mol. The lowest BCUT2D eigenvalue weighted by Crippen LogP contribution is -2.01. The summed E-state index contributed by atoms with van der Waals surface area (Å²) >= 11 is 3.69. The van der Waals surface area contributed by atoms with Gasteiger partial charge in [-0.2, -0.15) is 0 Å². The molecule has 1 unspecified atom stereocenters. The first-order valence-corrected chi connectivity index (χ1v) is 6.83. The van der Waals surface area contributed by atoms with E-state index in [2.05, 4.69) is 22.6 Å². The van der Waals surface area contributed by atoms with E-state index in [1.54, 1.807) is 12.1 Å². The molecule has 0 saturated carbocycles. The summed E-state index contributed by atoms with van der Waals surface area (Å²) in [6, 6.07) is 6.30. The van der Waals surface area contributed by atoms with Crippen molar-refractivity contribution in [2.75, 3.05) is 7.11 Å². The van der Waals surface area contributed by atoms with Crippen LogP contribution < -0.4 is 4.74 Å². The summed E-state index contributed by atoms with van der Waals surface area (Å²) < 4.78 is 19.7. The third kappa shape index (κ3) is 2.78. The van der Waals surface area contributed by atoms with Crippen molar-refractivity contribution < 1.29 is 14.2 Å². The maximum absolute atomic E-state index is 13.7. The summed E-state index contributed by atoms with van der Waals surface area (Å²) in [5.41, 5.74) is 0.975. The van der Waals surface area contributed by atoms with E-state index in [9.17, 15) is 9.50 Å². The predicted octanol–water partition coefficient (Wildman–Crippen LogP) is 3.58. The van der Waals surface area contributed by atoms with Gasteiger partial charge in [0, 0.05) is 11.6 Å². The fourth-order valence-corrected chi connectivity index (χ4v) is 2.89.